The van der Waals surface area contributed by atoms with Crippen molar-refractivity contribution in [2.45, 2.75) is 52.4 Å². The van der Waals surface area contributed by atoms with Gasteiger partial charge >= 0.3 is 5.97 Å². The van der Waals surface area contributed by atoms with E-state index >= 15 is 0 Å². The monoisotopic (exact) mass is 301 g/mol. The number of rotatable bonds is 6. The van der Waals surface area contributed by atoms with Crippen LogP contribution in [0.2, 0.25) is 0 Å². The van der Waals surface area contributed by atoms with Gasteiger partial charge in [0.2, 0.25) is 0 Å². The fourth-order valence-corrected chi connectivity index (χ4v) is 2.67. The molecule has 0 unspecified atom stereocenters. The lowest BCUT2D eigenvalue weighted by Crippen LogP contribution is -2.11. The van der Waals surface area contributed by atoms with Gasteiger partial charge in [0, 0.05) is 5.92 Å². The van der Waals surface area contributed by atoms with Crippen LogP contribution in [0.3, 0.4) is 0 Å². The zero-order valence-electron chi connectivity index (χ0n) is 13.6. The highest BCUT2D eigenvalue weighted by molar-refractivity contribution is 5.86. The third kappa shape index (κ3) is 3.03. The van der Waals surface area contributed by atoms with Gasteiger partial charge in [-0.3, -0.25) is 0 Å². The molecule has 0 radical (unpaired) electrons. The van der Waals surface area contributed by atoms with E-state index in [-0.39, 0.29) is 11.6 Å². The lowest BCUT2D eigenvalue weighted by atomic mass is 9.97. The molecule has 0 saturated carbocycles. The fraction of sp³-hybridized carbons (Fsp3) is 0.471. The van der Waals surface area contributed by atoms with Crippen molar-refractivity contribution < 1.29 is 9.90 Å². The average Bonchev–Trinajstić information content (AvgIpc) is 2.94. The zero-order chi connectivity index (χ0) is 16.3. The molecule has 0 aliphatic carbocycles. The van der Waals surface area contributed by atoms with Gasteiger partial charge in [-0.2, -0.15) is 0 Å². The van der Waals surface area contributed by atoms with Crippen molar-refractivity contribution in [3.05, 3.63) is 41.2 Å². The lowest BCUT2D eigenvalue weighted by molar-refractivity contribution is 0.0688. The summed E-state index contributed by atoms with van der Waals surface area (Å²) in [5.41, 5.74) is 2.84. The van der Waals surface area contributed by atoms with Crippen LogP contribution in [0.4, 0.5) is 0 Å². The molecule has 0 aliphatic heterocycles. The van der Waals surface area contributed by atoms with Gasteiger partial charge in [0.1, 0.15) is 0 Å². The smallest absolute Gasteiger partial charge is 0.358 e. The van der Waals surface area contributed by atoms with Crippen molar-refractivity contribution in [2.24, 2.45) is 0 Å². The van der Waals surface area contributed by atoms with Crippen LogP contribution in [0.1, 0.15) is 74.1 Å². The van der Waals surface area contributed by atoms with Gasteiger partial charge in [-0.25, -0.2) is 9.48 Å². The third-order valence-electron chi connectivity index (χ3n) is 4.08. The number of hydrogen-bond acceptors (Lipinski definition) is 3. The Morgan fingerprint density at radius 1 is 1.18 bits per heavy atom. The first-order valence-corrected chi connectivity index (χ1v) is 7.78. The first kappa shape index (κ1) is 16.2. The normalized spacial score (nSPS) is 11.4. The molecular weight excluding hydrogens is 278 g/mol. The van der Waals surface area contributed by atoms with E-state index in [1.807, 2.05) is 12.1 Å². The van der Waals surface area contributed by atoms with Gasteiger partial charge in [0.05, 0.1) is 11.4 Å². The van der Waals surface area contributed by atoms with Crippen molar-refractivity contribution in [3.63, 3.8) is 0 Å². The molecule has 0 fully saturated rings. The molecule has 2 rings (SSSR count). The summed E-state index contributed by atoms with van der Waals surface area (Å²) in [6.07, 6.45) is 1.71. The molecule has 0 bridgehead atoms. The van der Waals surface area contributed by atoms with Crippen molar-refractivity contribution in [1.29, 1.82) is 0 Å². The molecule has 1 aromatic heterocycles. The average molecular weight is 301 g/mol. The Balaban J connectivity index is 2.52. The van der Waals surface area contributed by atoms with Crippen LogP contribution in [0.5, 0.6) is 0 Å². The van der Waals surface area contributed by atoms with Crippen molar-refractivity contribution in [2.75, 3.05) is 0 Å². The predicted molar refractivity (Wildman–Crippen MR) is 85.7 cm³/mol. The molecule has 0 spiro atoms. The summed E-state index contributed by atoms with van der Waals surface area (Å²) >= 11 is 0. The first-order valence-electron chi connectivity index (χ1n) is 7.78. The van der Waals surface area contributed by atoms with Crippen LogP contribution < -0.4 is 0 Å². The molecule has 0 aliphatic rings. The quantitative estimate of drug-likeness (QED) is 0.876. The second-order valence-corrected chi connectivity index (χ2v) is 5.80. The molecule has 0 saturated heterocycles. The van der Waals surface area contributed by atoms with Crippen LogP contribution in [0.25, 0.3) is 5.69 Å². The molecule has 1 N–H and O–H groups in total. The molecule has 118 valence electrons. The number of aromatic carboxylic acids is 1. The highest BCUT2D eigenvalue weighted by atomic mass is 16.4. The van der Waals surface area contributed by atoms with Gasteiger partial charge < -0.3 is 5.11 Å². The number of hydrogen-bond donors (Lipinski definition) is 1. The maximum absolute atomic E-state index is 11.4. The third-order valence-corrected chi connectivity index (χ3v) is 4.08. The van der Waals surface area contributed by atoms with Crippen LogP contribution in [0, 0.1) is 0 Å². The lowest BCUT2D eigenvalue weighted by Gasteiger charge is -2.15. The largest absolute Gasteiger partial charge is 0.476 e. The predicted octanol–water partition coefficient (Wildman–Crippen LogP) is 3.99. The Morgan fingerprint density at radius 2 is 1.77 bits per heavy atom. The summed E-state index contributed by atoms with van der Waals surface area (Å²) in [5.74, 6) is -0.435. The van der Waals surface area contributed by atoms with E-state index in [2.05, 4.69) is 50.1 Å². The second kappa shape index (κ2) is 6.73. The van der Waals surface area contributed by atoms with Crippen molar-refractivity contribution in [3.8, 4) is 5.69 Å². The van der Waals surface area contributed by atoms with Gasteiger partial charge in [0.15, 0.2) is 5.69 Å². The highest BCUT2D eigenvalue weighted by Crippen LogP contribution is 2.28. The summed E-state index contributed by atoms with van der Waals surface area (Å²) in [5, 5.41) is 17.3. The van der Waals surface area contributed by atoms with Crippen LogP contribution in [-0.4, -0.2) is 26.1 Å². The first-order chi connectivity index (χ1) is 10.5. The van der Waals surface area contributed by atoms with Crippen LogP contribution >= 0.6 is 0 Å². The summed E-state index contributed by atoms with van der Waals surface area (Å²) in [6, 6.07) is 8.06. The molecule has 2 aromatic rings. The Bertz CT molecular complexity index is 640. The topological polar surface area (TPSA) is 68.0 Å². The Hall–Kier alpha value is -2.17. The number of carboxylic acid groups (broad SMARTS) is 1. The minimum absolute atomic E-state index is 0.0571. The van der Waals surface area contributed by atoms with E-state index in [4.69, 9.17) is 0 Å². The SMILES string of the molecule is CCC(CC)c1c(C(=O)O)nnn1-c1ccc(C(C)C)cc1. The van der Waals surface area contributed by atoms with E-state index in [1.54, 1.807) is 4.68 Å². The maximum atomic E-state index is 11.4. The maximum Gasteiger partial charge on any atom is 0.358 e. The second-order valence-electron chi connectivity index (χ2n) is 5.80. The molecule has 22 heavy (non-hydrogen) atoms. The molecule has 5 heteroatoms. The summed E-state index contributed by atoms with van der Waals surface area (Å²) in [6.45, 7) is 8.39. The van der Waals surface area contributed by atoms with Gasteiger partial charge in [-0.15, -0.1) is 5.10 Å². The van der Waals surface area contributed by atoms with Gasteiger partial charge in [-0.1, -0.05) is 45.0 Å². The Morgan fingerprint density at radius 3 is 2.23 bits per heavy atom. The molecular formula is C17H23N3O2. The molecule has 0 amide bonds. The summed E-state index contributed by atoms with van der Waals surface area (Å²) in [4.78, 5) is 11.4. The van der Waals surface area contributed by atoms with E-state index in [0.29, 0.717) is 11.6 Å². The van der Waals surface area contributed by atoms with Crippen molar-refractivity contribution >= 4 is 5.97 Å². The number of nitrogens with zero attached hydrogens (tertiary/aromatic N) is 3. The van der Waals surface area contributed by atoms with Crippen molar-refractivity contribution in [1.82, 2.24) is 15.0 Å². The summed E-state index contributed by atoms with van der Waals surface area (Å²) in [7, 11) is 0. The van der Waals surface area contributed by atoms with E-state index < -0.39 is 5.97 Å². The van der Waals surface area contributed by atoms with E-state index in [9.17, 15) is 9.90 Å². The molecule has 1 aromatic carbocycles. The van der Waals surface area contributed by atoms with Gasteiger partial charge in [-0.05, 0) is 36.5 Å². The van der Waals surface area contributed by atoms with Crippen LogP contribution in [-0.2, 0) is 0 Å². The highest BCUT2D eigenvalue weighted by Gasteiger charge is 2.25. The zero-order valence-corrected chi connectivity index (χ0v) is 13.6. The number of aromatic nitrogens is 3. The Kier molecular flexibility index (Phi) is 4.96. The fourth-order valence-electron chi connectivity index (χ4n) is 2.67. The number of carboxylic acids is 1. The minimum Gasteiger partial charge on any atom is -0.476 e. The van der Waals surface area contributed by atoms with E-state index in [1.165, 1.54) is 5.56 Å². The molecule has 1 heterocycles. The number of benzene rings is 1. The minimum atomic E-state index is -1.02. The Labute approximate surface area is 131 Å². The summed E-state index contributed by atoms with van der Waals surface area (Å²) < 4.78 is 1.67. The molecule has 5 nitrogen and oxygen atoms in total. The van der Waals surface area contributed by atoms with Gasteiger partial charge in [0.25, 0.3) is 0 Å². The standard InChI is InChI=1S/C17H23N3O2/c1-5-12(6-2)16-15(17(21)22)18-19-20(16)14-9-7-13(8-10-14)11(3)4/h7-12H,5-6H2,1-4H3,(H,21,22). The number of carbonyl (C=O) groups is 1. The van der Waals surface area contributed by atoms with Crippen LogP contribution in [0.15, 0.2) is 24.3 Å². The molecule has 0 atom stereocenters. The van der Waals surface area contributed by atoms with E-state index in [0.717, 1.165) is 18.5 Å².